The molecular formula is C21H23F2NO6. The number of methoxy groups -OCH3 is 2. The molecule has 1 N–H and O–H groups in total. The Balaban J connectivity index is 2.35. The van der Waals surface area contributed by atoms with Gasteiger partial charge in [0.05, 0.1) is 32.1 Å². The summed E-state index contributed by atoms with van der Waals surface area (Å²) in [5.74, 6) is -1.07. The van der Waals surface area contributed by atoms with Crippen LogP contribution in [0.3, 0.4) is 0 Å². The van der Waals surface area contributed by atoms with Gasteiger partial charge >= 0.3 is 12.6 Å². The van der Waals surface area contributed by atoms with Crippen LogP contribution in [-0.2, 0) is 4.74 Å². The molecule has 7 nitrogen and oxygen atoms in total. The van der Waals surface area contributed by atoms with E-state index in [9.17, 15) is 18.4 Å². The van der Waals surface area contributed by atoms with Gasteiger partial charge in [-0.15, -0.1) is 0 Å². The number of hydrogen-bond acceptors (Lipinski definition) is 6. The normalized spacial score (nSPS) is 11.1. The van der Waals surface area contributed by atoms with Gasteiger partial charge in [-0.1, -0.05) is 6.08 Å². The zero-order chi connectivity index (χ0) is 22.4. The maximum atomic E-state index is 12.6. The zero-order valence-electron chi connectivity index (χ0n) is 17.3. The summed E-state index contributed by atoms with van der Waals surface area (Å²) in [6, 6.07) is 2.86. The summed E-state index contributed by atoms with van der Waals surface area (Å²) in [6.45, 7) is 2.20. The van der Waals surface area contributed by atoms with Crippen molar-refractivity contribution < 1.29 is 37.3 Å². The average Bonchev–Trinajstić information content (AvgIpc) is 3.00. The van der Waals surface area contributed by atoms with Gasteiger partial charge in [0.2, 0.25) is 11.5 Å². The maximum Gasteiger partial charge on any atom is 0.387 e. The highest BCUT2D eigenvalue weighted by Crippen LogP contribution is 2.39. The van der Waals surface area contributed by atoms with E-state index in [0.717, 1.165) is 0 Å². The van der Waals surface area contributed by atoms with Crippen molar-refractivity contribution in [3.8, 4) is 17.2 Å². The lowest BCUT2D eigenvalue weighted by molar-refractivity contribution is -0.0526. The van der Waals surface area contributed by atoms with Crippen LogP contribution in [0.1, 0.15) is 44.6 Å². The fraction of sp³-hybridized carbons (Fsp3) is 0.333. The van der Waals surface area contributed by atoms with Crippen LogP contribution in [0.25, 0.3) is 6.08 Å². The summed E-state index contributed by atoms with van der Waals surface area (Å²) in [4.78, 5) is 27.6. The smallest absolute Gasteiger partial charge is 0.387 e. The van der Waals surface area contributed by atoms with Crippen molar-refractivity contribution in [3.05, 3.63) is 46.3 Å². The number of nitrogens with one attached hydrogen (secondary N) is 1. The highest BCUT2D eigenvalue weighted by Gasteiger charge is 2.22. The molecule has 2 rings (SSSR count). The summed E-state index contributed by atoms with van der Waals surface area (Å²) >= 11 is 0. The first-order chi connectivity index (χ1) is 14.2. The first-order valence-corrected chi connectivity index (χ1v) is 9.02. The summed E-state index contributed by atoms with van der Waals surface area (Å²) in [5.41, 5.74) is 2.05. The van der Waals surface area contributed by atoms with Gasteiger partial charge in [0, 0.05) is 5.69 Å². The highest BCUT2D eigenvalue weighted by molar-refractivity contribution is 6.09. The number of aromatic amines is 1. The zero-order valence-corrected chi connectivity index (χ0v) is 17.3. The fourth-order valence-electron chi connectivity index (χ4n) is 2.96. The Morgan fingerprint density at radius 3 is 2.23 bits per heavy atom. The second-order valence-corrected chi connectivity index (χ2v) is 6.18. The number of rotatable bonds is 9. The van der Waals surface area contributed by atoms with Gasteiger partial charge in [-0.25, -0.2) is 4.79 Å². The number of aromatic nitrogens is 1. The first kappa shape index (κ1) is 22.9. The highest BCUT2D eigenvalue weighted by atomic mass is 19.3. The molecule has 0 unspecified atom stereocenters. The summed E-state index contributed by atoms with van der Waals surface area (Å²) < 4.78 is 45.0. The molecule has 0 atom stereocenters. The van der Waals surface area contributed by atoms with Crippen LogP contribution < -0.4 is 14.2 Å². The van der Waals surface area contributed by atoms with Crippen LogP contribution >= 0.6 is 0 Å². The number of H-pyrrole nitrogens is 1. The second kappa shape index (κ2) is 9.91. The van der Waals surface area contributed by atoms with Gasteiger partial charge in [0.15, 0.2) is 11.5 Å². The Labute approximate surface area is 172 Å². The average molecular weight is 423 g/mol. The monoisotopic (exact) mass is 423 g/mol. The number of alkyl halides is 2. The molecule has 162 valence electrons. The van der Waals surface area contributed by atoms with Crippen LogP contribution in [0, 0.1) is 13.8 Å². The molecule has 1 aromatic heterocycles. The molecular weight excluding hydrogens is 400 g/mol. The minimum absolute atomic E-state index is 0.0262. The second-order valence-electron chi connectivity index (χ2n) is 6.18. The minimum atomic E-state index is -3.05. The number of ketones is 1. The largest absolute Gasteiger partial charge is 0.493 e. The lowest BCUT2D eigenvalue weighted by Crippen LogP contribution is -2.07. The number of aryl methyl sites for hydroxylation is 1. The van der Waals surface area contributed by atoms with Crippen LogP contribution in [0.4, 0.5) is 8.78 Å². The Kier molecular flexibility index (Phi) is 7.57. The number of hydrogen-bond donors (Lipinski definition) is 1. The van der Waals surface area contributed by atoms with E-state index in [1.165, 1.54) is 38.5 Å². The molecule has 0 bridgehead atoms. The molecule has 0 amide bonds. The van der Waals surface area contributed by atoms with Gasteiger partial charge in [0.1, 0.15) is 0 Å². The van der Waals surface area contributed by atoms with Crippen molar-refractivity contribution in [2.45, 2.75) is 27.4 Å². The van der Waals surface area contributed by atoms with Crippen molar-refractivity contribution in [1.29, 1.82) is 0 Å². The summed E-state index contributed by atoms with van der Waals surface area (Å²) in [6.07, 6.45) is 2.76. The fourth-order valence-corrected chi connectivity index (χ4v) is 2.96. The Bertz CT molecular complexity index is 940. The van der Waals surface area contributed by atoms with E-state index in [4.69, 9.17) is 14.2 Å². The maximum absolute atomic E-state index is 12.6. The van der Waals surface area contributed by atoms with E-state index in [1.54, 1.807) is 20.8 Å². The van der Waals surface area contributed by atoms with E-state index in [2.05, 4.69) is 9.72 Å². The van der Waals surface area contributed by atoms with Crippen molar-refractivity contribution in [1.82, 2.24) is 4.98 Å². The van der Waals surface area contributed by atoms with Gasteiger partial charge in [-0.2, -0.15) is 8.78 Å². The molecule has 30 heavy (non-hydrogen) atoms. The predicted molar refractivity (Wildman–Crippen MR) is 106 cm³/mol. The molecule has 1 heterocycles. The topological polar surface area (TPSA) is 86.9 Å². The third-order valence-electron chi connectivity index (χ3n) is 4.28. The number of carbonyl (C=O) groups is 2. The molecule has 0 aliphatic rings. The van der Waals surface area contributed by atoms with E-state index in [0.29, 0.717) is 22.4 Å². The van der Waals surface area contributed by atoms with Crippen molar-refractivity contribution in [2.75, 3.05) is 20.8 Å². The molecule has 0 fully saturated rings. The van der Waals surface area contributed by atoms with Crippen molar-refractivity contribution in [2.24, 2.45) is 0 Å². The van der Waals surface area contributed by atoms with E-state index in [-0.39, 0.29) is 35.3 Å². The van der Waals surface area contributed by atoms with E-state index >= 15 is 0 Å². The van der Waals surface area contributed by atoms with E-state index < -0.39 is 12.6 Å². The number of ether oxygens (including phenoxy) is 4. The van der Waals surface area contributed by atoms with Gasteiger partial charge in [0.25, 0.3) is 0 Å². The molecule has 0 aliphatic heterocycles. The van der Waals surface area contributed by atoms with Crippen molar-refractivity contribution in [3.63, 3.8) is 0 Å². The lowest BCUT2D eigenvalue weighted by Gasteiger charge is -2.14. The predicted octanol–water partition coefficient (Wildman–Crippen LogP) is 4.32. The van der Waals surface area contributed by atoms with Gasteiger partial charge < -0.3 is 23.9 Å². The molecule has 0 saturated carbocycles. The quantitative estimate of drug-likeness (QED) is 0.367. The van der Waals surface area contributed by atoms with E-state index in [1.807, 2.05) is 0 Å². The molecule has 1 aromatic carbocycles. The molecule has 0 saturated heterocycles. The lowest BCUT2D eigenvalue weighted by atomic mass is 10.1. The third kappa shape index (κ3) is 4.97. The Morgan fingerprint density at radius 1 is 1.13 bits per heavy atom. The van der Waals surface area contributed by atoms with Gasteiger partial charge in [-0.05, 0) is 50.1 Å². The van der Waals surface area contributed by atoms with Crippen molar-refractivity contribution >= 4 is 17.8 Å². The summed E-state index contributed by atoms with van der Waals surface area (Å²) in [5, 5.41) is 0. The number of halogens is 2. The molecule has 0 radical (unpaired) electrons. The van der Waals surface area contributed by atoms with Crippen LogP contribution in [0.2, 0.25) is 0 Å². The Morgan fingerprint density at radius 2 is 1.73 bits per heavy atom. The first-order valence-electron chi connectivity index (χ1n) is 9.02. The number of carbonyl (C=O) groups excluding carboxylic acids is 2. The SMILES string of the molecule is CCOC(=O)c1c(C)[nH]c(C(=O)/C=C/c2cc(OC)c(OC(F)F)c(OC)c2)c1C. The van der Waals surface area contributed by atoms with Gasteiger partial charge in [-0.3, -0.25) is 4.79 Å². The number of benzene rings is 1. The molecule has 0 aliphatic carbocycles. The van der Waals surface area contributed by atoms with Crippen LogP contribution in [0.15, 0.2) is 18.2 Å². The number of allylic oxidation sites excluding steroid dienone is 1. The number of esters is 1. The summed E-state index contributed by atoms with van der Waals surface area (Å²) in [7, 11) is 2.60. The third-order valence-corrected chi connectivity index (χ3v) is 4.28. The standard InChI is InChI=1S/C21H23F2NO6/c1-6-29-20(26)17-11(2)18(24-12(17)3)14(25)8-7-13-9-15(27-4)19(30-21(22)23)16(10-13)28-5/h7-10,21,24H,6H2,1-5H3/b8-7+. The van der Waals surface area contributed by atoms with Crippen LogP contribution in [0.5, 0.6) is 17.2 Å². The minimum Gasteiger partial charge on any atom is -0.493 e. The molecule has 0 spiro atoms. The molecule has 9 heteroatoms. The Hall–Kier alpha value is -3.36. The molecule has 2 aromatic rings. The van der Waals surface area contributed by atoms with Crippen LogP contribution in [-0.4, -0.2) is 44.2 Å².